The van der Waals surface area contributed by atoms with Gasteiger partial charge in [-0.05, 0) is 5.92 Å². The van der Waals surface area contributed by atoms with E-state index in [1.54, 1.807) is 13.8 Å². The lowest BCUT2D eigenvalue weighted by molar-refractivity contribution is -0.143. The van der Waals surface area contributed by atoms with Crippen molar-refractivity contribution in [1.29, 1.82) is 0 Å². The lowest BCUT2D eigenvalue weighted by Gasteiger charge is -2.20. The highest BCUT2D eigenvalue weighted by Crippen LogP contribution is 2.16. The Morgan fingerprint density at radius 2 is 2.18 bits per heavy atom. The average molecular weight is 260 g/mol. The van der Waals surface area contributed by atoms with E-state index in [-0.39, 0.29) is 17.7 Å². The topological polar surface area (TPSA) is 86.7 Å². The molecule has 0 spiro atoms. The maximum absolute atomic E-state index is 11.6. The first kappa shape index (κ1) is 13.8. The van der Waals surface area contributed by atoms with Gasteiger partial charge in [-0.3, -0.25) is 9.59 Å². The van der Waals surface area contributed by atoms with Crippen molar-refractivity contribution in [3.8, 4) is 0 Å². The molecule has 0 aromatic heterocycles. The molecule has 1 aliphatic heterocycles. The Labute approximate surface area is 104 Å². The Kier molecular flexibility index (Phi) is 4.80. The van der Waals surface area contributed by atoms with E-state index in [4.69, 9.17) is 5.11 Å². The van der Waals surface area contributed by atoms with Crippen molar-refractivity contribution in [3.63, 3.8) is 0 Å². The molecule has 1 atom stereocenters. The average Bonchev–Trinajstić information content (AvgIpc) is 2.60. The maximum atomic E-state index is 11.6. The van der Waals surface area contributed by atoms with Crippen molar-refractivity contribution in [2.75, 3.05) is 18.8 Å². The predicted molar refractivity (Wildman–Crippen MR) is 63.8 cm³/mol. The van der Waals surface area contributed by atoms with Crippen LogP contribution in [0.3, 0.4) is 0 Å². The van der Waals surface area contributed by atoms with Crippen LogP contribution < -0.4 is 5.32 Å². The van der Waals surface area contributed by atoms with Crippen LogP contribution in [0.1, 0.15) is 13.8 Å². The minimum absolute atomic E-state index is 0.0671. The van der Waals surface area contributed by atoms with E-state index in [9.17, 15) is 14.4 Å². The van der Waals surface area contributed by atoms with Gasteiger partial charge in [0.25, 0.3) is 5.24 Å². The summed E-state index contributed by atoms with van der Waals surface area (Å²) < 4.78 is 0. The Bertz CT molecular complexity index is 332. The van der Waals surface area contributed by atoms with Gasteiger partial charge in [0.1, 0.15) is 12.6 Å². The summed E-state index contributed by atoms with van der Waals surface area (Å²) in [4.78, 5) is 35.1. The standard InChI is InChI=1S/C10H16N2O4S/c1-6(2)8(9(14)15)11-7(13)5-12-3-4-17-10(12)16/h6,8H,3-5H2,1-2H3,(H,11,13)(H,14,15)/t8-/m1/s1. The number of nitrogens with zero attached hydrogens (tertiary/aromatic N) is 1. The number of nitrogens with one attached hydrogen (secondary N) is 1. The van der Waals surface area contributed by atoms with Crippen LogP contribution in [0.25, 0.3) is 0 Å². The summed E-state index contributed by atoms with van der Waals surface area (Å²) in [6.07, 6.45) is 0. The summed E-state index contributed by atoms with van der Waals surface area (Å²) in [5, 5.41) is 11.2. The molecule has 2 N–H and O–H groups in total. The fraction of sp³-hybridized carbons (Fsp3) is 0.700. The number of hydrogen-bond acceptors (Lipinski definition) is 4. The molecule has 2 amide bonds. The third kappa shape index (κ3) is 3.92. The molecule has 0 radical (unpaired) electrons. The van der Waals surface area contributed by atoms with E-state index in [1.807, 2.05) is 0 Å². The second kappa shape index (κ2) is 5.90. The van der Waals surface area contributed by atoms with Crippen molar-refractivity contribution in [2.45, 2.75) is 19.9 Å². The SMILES string of the molecule is CC(C)[C@@H](NC(=O)CN1CCSC1=O)C(=O)O. The fourth-order valence-corrected chi connectivity index (χ4v) is 2.30. The molecule has 0 aromatic carbocycles. The molecule has 1 saturated heterocycles. The first-order valence-electron chi connectivity index (χ1n) is 5.35. The number of aliphatic carboxylic acids is 1. The number of carboxylic acid groups (broad SMARTS) is 1. The number of carbonyl (C=O) groups excluding carboxylic acids is 2. The van der Waals surface area contributed by atoms with Crippen LogP contribution in [0.5, 0.6) is 0 Å². The molecule has 6 nitrogen and oxygen atoms in total. The summed E-state index contributed by atoms with van der Waals surface area (Å²) in [6.45, 7) is 3.91. The minimum atomic E-state index is -1.06. The van der Waals surface area contributed by atoms with E-state index >= 15 is 0 Å². The first-order chi connectivity index (χ1) is 7.91. The molecule has 0 bridgehead atoms. The molecule has 1 rings (SSSR count). The number of carboxylic acids is 1. The van der Waals surface area contributed by atoms with Gasteiger partial charge in [0.15, 0.2) is 0 Å². The molecule has 1 aliphatic rings. The van der Waals surface area contributed by atoms with Gasteiger partial charge in [-0.2, -0.15) is 0 Å². The minimum Gasteiger partial charge on any atom is -0.480 e. The van der Waals surface area contributed by atoms with Gasteiger partial charge < -0.3 is 15.3 Å². The number of thioether (sulfide) groups is 1. The van der Waals surface area contributed by atoms with Gasteiger partial charge in [-0.15, -0.1) is 0 Å². The van der Waals surface area contributed by atoms with Gasteiger partial charge in [-0.25, -0.2) is 4.79 Å². The van der Waals surface area contributed by atoms with Crippen LogP contribution in [-0.2, 0) is 9.59 Å². The van der Waals surface area contributed by atoms with Crippen molar-refractivity contribution < 1.29 is 19.5 Å². The zero-order chi connectivity index (χ0) is 13.0. The summed E-state index contributed by atoms with van der Waals surface area (Å²) >= 11 is 1.17. The normalized spacial score (nSPS) is 17.4. The van der Waals surface area contributed by atoms with Crippen LogP contribution in [0.2, 0.25) is 0 Å². The highest BCUT2D eigenvalue weighted by atomic mass is 32.2. The lowest BCUT2D eigenvalue weighted by atomic mass is 10.1. The van der Waals surface area contributed by atoms with Crippen molar-refractivity contribution >= 4 is 28.9 Å². The number of carbonyl (C=O) groups is 3. The summed E-state index contributed by atoms with van der Waals surface area (Å²) in [5.74, 6) is -1.00. The number of rotatable bonds is 5. The van der Waals surface area contributed by atoms with Gasteiger partial charge in [0, 0.05) is 12.3 Å². The Hall–Kier alpha value is -1.24. The molecular formula is C10H16N2O4S. The second-order valence-corrected chi connectivity index (χ2v) is 5.21. The van der Waals surface area contributed by atoms with Crippen molar-refractivity contribution in [1.82, 2.24) is 10.2 Å². The zero-order valence-electron chi connectivity index (χ0n) is 9.80. The monoisotopic (exact) mass is 260 g/mol. The van der Waals surface area contributed by atoms with Crippen LogP contribution >= 0.6 is 11.8 Å². The molecule has 0 unspecified atom stereocenters. The van der Waals surface area contributed by atoms with E-state index in [1.165, 1.54) is 16.7 Å². The van der Waals surface area contributed by atoms with Gasteiger partial charge in [-0.1, -0.05) is 25.6 Å². The molecule has 1 fully saturated rings. The smallest absolute Gasteiger partial charge is 0.326 e. The second-order valence-electron chi connectivity index (χ2n) is 4.16. The van der Waals surface area contributed by atoms with E-state index in [2.05, 4.69) is 5.32 Å². The molecule has 0 saturated carbocycles. The Balaban J connectivity index is 2.47. The van der Waals surface area contributed by atoms with Gasteiger partial charge in [0.05, 0.1) is 0 Å². The first-order valence-corrected chi connectivity index (χ1v) is 6.34. The maximum Gasteiger partial charge on any atom is 0.326 e. The number of hydrogen-bond donors (Lipinski definition) is 2. The van der Waals surface area contributed by atoms with E-state index in [0.717, 1.165) is 0 Å². The highest BCUT2D eigenvalue weighted by molar-refractivity contribution is 8.13. The molecule has 1 heterocycles. The van der Waals surface area contributed by atoms with E-state index in [0.29, 0.717) is 12.3 Å². The van der Waals surface area contributed by atoms with Crippen LogP contribution in [0.4, 0.5) is 4.79 Å². The molecule has 17 heavy (non-hydrogen) atoms. The van der Waals surface area contributed by atoms with Gasteiger partial charge >= 0.3 is 5.97 Å². The summed E-state index contributed by atoms with van der Waals surface area (Å²) in [6, 6.07) is -0.909. The van der Waals surface area contributed by atoms with Crippen LogP contribution in [0, 0.1) is 5.92 Å². The van der Waals surface area contributed by atoms with Crippen molar-refractivity contribution in [2.24, 2.45) is 5.92 Å². The largest absolute Gasteiger partial charge is 0.480 e. The quantitative estimate of drug-likeness (QED) is 0.746. The molecular weight excluding hydrogens is 244 g/mol. The molecule has 0 aliphatic carbocycles. The van der Waals surface area contributed by atoms with Crippen LogP contribution in [-0.4, -0.2) is 52.0 Å². The van der Waals surface area contributed by atoms with Crippen molar-refractivity contribution in [3.05, 3.63) is 0 Å². The Morgan fingerprint density at radius 1 is 1.53 bits per heavy atom. The fourth-order valence-electron chi connectivity index (χ4n) is 1.48. The third-order valence-corrected chi connectivity index (χ3v) is 3.32. The summed E-state index contributed by atoms with van der Waals surface area (Å²) in [7, 11) is 0. The van der Waals surface area contributed by atoms with Crippen LogP contribution in [0.15, 0.2) is 0 Å². The summed E-state index contributed by atoms with van der Waals surface area (Å²) in [5.41, 5.74) is 0. The Morgan fingerprint density at radius 3 is 2.59 bits per heavy atom. The molecule has 96 valence electrons. The zero-order valence-corrected chi connectivity index (χ0v) is 10.6. The number of amides is 2. The lowest BCUT2D eigenvalue weighted by Crippen LogP contribution is -2.48. The predicted octanol–water partition coefficient (Wildman–Crippen LogP) is 0.381. The van der Waals surface area contributed by atoms with E-state index < -0.39 is 17.9 Å². The third-order valence-electron chi connectivity index (χ3n) is 2.43. The molecule has 7 heteroatoms. The van der Waals surface area contributed by atoms with Gasteiger partial charge in [0.2, 0.25) is 5.91 Å². The highest BCUT2D eigenvalue weighted by Gasteiger charge is 2.27. The molecule has 0 aromatic rings.